The minimum atomic E-state index is -0.260. The van der Waals surface area contributed by atoms with Gasteiger partial charge in [-0.3, -0.25) is 0 Å². The Bertz CT molecular complexity index is 855. The molecule has 1 unspecified atom stereocenters. The summed E-state index contributed by atoms with van der Waals surface area (Å²) in [5.74, 6) is 0.981. The molecule has 2 heterocycles. The van der Waals surface area contributed by atoms with Crippen LogP contribution in [0.1, 0.15) is 50.5 Å². The average Bonchev–Trinajstić information content (AvgIpc) is 3.08. The van der Waals surface area contributed by atoms with E-state index in [2.05, 4.69) is 49.3 Å². The molecule has 5 atom stereocenters. The Kier molecular flexibility index (Phi) is 5.61. The van der Waals surface area contributed by atoms with Crippen molar-refractivity contribution in [1.29, 1.82) is 5.26 Å². The molecule has 1 aromatic carbocycles. The van der Waals surface area contributed by atoms with E-state index in [0.29, 0.717) is 18.4 Å². The molecule has 0 amide bonds. The third-order valence-electron chi connectivity index (χ3n) is 6.97. The molecule has 2 N–H and O–H groups in total. The van der Waals surface area contributed by atoms with Gasteiger partial charge in [0.25, 0.3) is 0 Å². The molecule has 2 aliphatic rings. The lowest BCUT2D eigenvalue weighted by Crippen LogP contribution is -2.42. The number of aliphatic hydroxyl groups is 1. The van der Waals surface area contributed by atoms with E-state index in [9.17, 15) is 10.4 Å². The maximum Gasteiger partial charge on any atom is 0.179 e. The number of nitrogens with zero attached hydrogens (tertiary/aromatic N) is 2. The summed E-state index contributed by atoms with van der Waals surface area (Å²) < 4.78 is 6.27. The Morgan fingerprint density at radius 3 is 2.93 bits per heavy atom. The molecule has 4 rings (SSSR count). The monoisotopic (exact) mass is 381 g/mol. The van der Waals surface area contributed by atoms with Crippen molar-refractivity contribution in [2.45, 2.75) is 51.7 Å². The molecular formula is C23H31N3O2. The fourth-order valence-corrected chi connectivity index (χ4v) is 5.40. The first-order valence-electron chi connectivity index (χ1n) is 10.7. The molecule has 1 aliphatic carbocycles. The van der Waals surface area contributed by atoms with Crippen LogP contribution in [0.4, 0.5) is 0 Å². The third-order valence-corrected chi connectivity index (χ3v) is 6.97. The zero-order chi connectivity index (χ0) is 19.7. The number of aromatic amines is 1. The van der Waals surface area contributed by atoms with Crippen LogP contribution >= 0.6 is 0 Å². The average molecular weight is 382 g/mol. The summed E-state index contributed by atoms with van der Waals surface area (Å²) in [5.41, 5.74) is 3.57. The molecule has 0 spiro atoms. The highest BCUT2D eigenvalue weighted by atomic mass is 16.5. The van der Waals surface area contributed by atoms with Crippen LogP contribution in [-0.2, 0) is 11.2 Å². The van der Waals surface area contributed by atoms with E-state index in [-0.39, 0.29) is 18.1 Å². The summed E-state index contributed by atoms with van der Waals surface area (Å²) in [6.07, 6.45) is 5.69. The van der Waals surface area contributed by atoms with E-state index in [4.69, 9.17) is 4.74 Å². The van der Waals surface area contributed by atoms with Gasteiger partial charge in [-0.2, -0.15) is 5.26 Å². The molecule has 1 aliphatic heterocycles. The molecule has 0 bridgehead atoms. The number of nitrogens with one attached hydrogen (secondary N) is 1. The van der Waals surface area contributed by atoms with E-state index < -0.39 is 0 Å². The van der Waals surface area contributed by atoms with Crippen molar-refractivity contribution in [1.82, 2.24) is 9.88 Å². The molecule has 1 saturated carbocycles. The SMILES string of the molecule is CCO[C@@H]1CC2[C@@H](CC[C@H](O)[C@@H]2C)CN(C#N)CCc2c1[nH]c1ccccc21. The van der Waals surface area contributed by atoms with Crippen molar-refractivity contribution in [2.75, 3.05) is 19.7 Å². The van der Waals surface area contributed by atoms with Crippen molar-refractivity contribution in [2.24, 2.45) is 17.8 Å². The molecule has 1 aromatic heterocycles. The Morgan fingerprint density at radius 1 is 1.32 bits per heavy atom. The fraction of sp³-hybridized carbons (Fsp3) is 0.609. The van der Waals surface area contributed by atoms with Gasteiger partial charge < -0.3 is 19.7 Å². The van der Waals surface area contributed by atoms with Gasteiger partial charge in [0, 0.05) is 36.3 Å². The van der Waals surface area contributed by atoms with Crippen LogP contribution in [-0.4, -0.2) is 40.8 Å². The lowest BCUT2D eigenvalue weighted by atomic mass is 9.68. The van der Waals surface area contributed by atoms with Crippen molar-refractivity contribution >= 4 is 10.9 Å². The molecular weight excluding hydrogens is 350 g/mol. The summed E-state index contributed by atoms with van der Waals surface area (Å²) in [4.78, 5) is 5.56. The summed E-state index contributed by atoms with van der Waals surface area (Å²) in [5, 5.41) is 21.5. The van der Waals surface area contributed by atoms with Crippen LogP contribution in [0.3, 0.4) is 0 Å². The van der Waals surface area contributed by atoms with Crippen molar-refractivity contribution in [3.63, 3.8) is 0 Å². The van der Waals surface area contributed by atoms with E-state index in [1.807, 2.05) is 4.90 Å². The largest absolute Gasteiger partial charge is 0.393 e. The zero-order valence-electron chi connectivity index (χ0n) is 16.9. The Labute approximate surface area is 167 Å². The number of para-hydroxylation sites is 1. The number of hydrogen-bond donors (Lipinski definition) is 2. The second-order valence-corrected chi connectivity index (χ2v) is 8.47. The van der Waals surface area contributed by atoms with Crippen molar-refractivity contribution < 1.29 is 9.84 Å². The number of fused-ring (bicyclic) bond motifs is 4. The number of aliphatic hydroxyl groups excluding tert-OH is 1. The first-order chi connectivity index (χ1) is 13.6. The van der Waals surface area contributed by atoms with E-state index in [1.165, 1.54) is 10.9 Å². The van der Waals surface area contributed by atoms with Gasteiger partial charge in [0.15, 0.2) is 6.19 Å². The predicted octanol–water partition coefficient (Wildman–Crippen LogP) is 4.00. The second-order valence-electron chi connectivity index (χ2n) is 8.47. The molecule has 5 nitrogen and oxygen atoms in total. The third kappa shape index (κ3) is 3.52. The number of benzene rings is 1. The van der Waals surface area contributed by atoms with Gasteiger partial charge >= 0.3 is 0 Å². The predicted molar refractivity (Wildman–Crippen MR) is 110 cm³/mol. The van der Waals surface area contributed by atoms with E-state index >= 15 is 0 Å². The smallest absolute Gasteiger partial charge is 0.179 e. The first kappa shape index (κ1) is 19.3. The number of aromatic nitrogens is 1. The van der Waals surface area contributed by atoms with Gasteiger partial charge in [-0.05, 0) is 62.0 Å². The summed E-state index contributed by atoms with van der Waals surface area (Å²) in [6.45, 7) is 6.39. The molecule has 150 valence electrons. The van der Waals surface area contributed by atoms with E-state index in [1.54, 1.807) is 0 Å². The number of nitriles is 1. The number of hydrogen-bond acceptors (Lipinski definition) is 4. The maximum atomic E-state index is 10.5. The van der Waals surface area contributed by atoms with E-state index in [0.717, 1.165) is 50.0 Å². The lowest BCUT2D eigenvalue weighted by Gasteiger charge is -2.42. The van der Waals surface area contributed by atoms with Crippen LogP contribution < -0.4 is 0 Å². The molecule has 2 aromatic rings. The second kappa shape index (κ2) is 8.14. The van der Waals surface area contributed by atoms with Crippen LogP contribution in [0, 0.1) is 29.2 Å². The van der Waals surface area contributed by atoms with Gasteiger partial charge in [-0.15, -0.1) is 0 Å². The normalized spacial score (nSPS) is 31.1. The summed E-state index contributed by atoms with van der Waals surface area (Å²) in [7, 11) is 0. The minimum absolute atomic E-state index is 0.00119. The summed E-state index contributed by atoms with van der Waals surface area (Å²) >= 11 is 0. The molecule has 1 fully saturated rings. The Morgan fingerprint density at radius 2 is 2.14 bits per heavy atom. The minimum Gasteiger partial charge on any atom is -0.393 e. The summed E-state index contributed by atoms with van der Waals surface area (Å²) in [6, 6.07) is 8.40. The fourth-order valence-electron chi connectivity index (χ4n) is 5.40. The van der Waals surface area contributed by atoms with Crippen LogP contribution in [0.5, 0.6) is 0 Å². The molecule has 28 heavy (non-hydrogen) atoms. The molecule has 0 radical (unpaired) electrons. The molecule has 5 heteroatoms. The Hall–Kier alpha value is -2.03. The Balaban J connectivity index is 1.79. The lowest BCUT2D eigenvalue weighted by molar-refractivity contribution is -0.0344. The first-order valence-corrected chi connectivity index (χ1v) is 10.7. The number of H-pyrrole nitrogens is 1. The van der Waals surface area contributed by atoms with Crippen LogP contribution in [0.15, 0.2) is 24.3 Å². The van der Waals surface area contributed by atoms with Gasteiger partial charge in [0.05, 0.1) is 12.2 Å². The highest BCUT2D eigenvalue weighted by Crippen LogP contribution is 2.43. The number of rotatable bonds is 2. The van der Waals surface area contributed by atoms with Gasteiger partial charge in [-0.1, -0.05) is 25.1 Å². The highest BCUT2D eigenvalue weighted by Gasteiger charge is 2.39. The van der Waals surface area contributed by atoms with Gasteiger partial charge in [-0.25, -0.2) is 0 Å². The standard InChI is InChI=1S/C23H31N3O2/c1-3-28-22-12-19-15(2)21(27)9-8-16(19)13-26(14-24)11-10-18-17-6-4-5-7-20(17)25-23(18)22/h4-7,15-16,19,21-22,25,27H,3,8-13H2,1-2H3/t15-,16+,19?,21+,22-/m1/s1. The van der Waals surface area contributed by atoms with Crippen molar-refractivity contribution in [3.8, 4) is 6.19 Å². The maximum absolute atomic E-state index is 10.5. The number of ether oxygens (including phenoxy) is 1. The van der Waals surface area contributed by atoms with Crippen LogP contribution in [0.25, 0.3) is 10.9 Å². The zero-order valence-corrected chi connectivity index (χ0v) is 16.9. The highest BCUT2D eigenvalue weighted by molar-refractivity contribution is 5.84. The quantitative estimate of drug-likeness (QED) is 0.772. The van der Waals surface area contributed by atoms with Gasteiger partial charge in [0.1, 0.15) is 0 Å². The molecule has 0 saturated heterocycles. The topological polar surface area (TPSA) is 72.3 Å². The van der Waals surface area contributed by atoms with Crippen LogP contribution in [0.2, 0.25) is 0 Å². The van der Waals surface area contributed by atoms with Gasteiger partial charge in [0.2, 0.25) is 0 Å². The van der Waals surface area contributed by atoms with Crippen molar-refractivity contribution in [3.05, 3.63) is 35.5 Å².